The van der Waals surface area contributed by atoms with Crippen LogP contribution in [-0.4, -0.2) is 23.1 Å². The average Bonchev–Trinajstić information content (AvgIpc) is 1.83. The zero-order valence-corrected chi connectivity index (χ0v) is 8.03. The van der Waals surface area contributed by atoms with Crippen molar-refractivity contribution in [3.05, 3.63) is 30.3 Å². The second-order valence-corrected chi connectivity index (χ2v) is 7.18. The van der Waals surface area contributed by atoms with Crippen LogP contribution in [0.25, 0.3) is 0 Å². The quantitative estimate of drug-likeness (QED) is 0.693. The van der Waals surface area contributed by atoms with Crippen LogP contribution in [0.2, 0.25) is 0 Å². The molecule has 1 aromatic rings. The van der Waals surface area contributed by atoms with Crippen LogP contribution in [0.5, 0.6) is 5.75 Å². The summed E-state index contributed by atoms with van der Waals surface area (Å²) in [5, 5.41) is 0. The van der Waals surface area contributed by atoms with E-state index in [-0.39, 0.29) is 0 Å². The molecule has 68 valence electrons. The summed E-state index contributed by atoms with van der Waals surface area (Å²) in [4.78, 5) is 18.8. The van der Waals surface area contributed by atoms with Gasteiger partial charge in [0.1, 0.15) is 0 Å². The van der Waals surface area contributed by atoms with Crippen molar-refractivity contribution in [2.24, 2.45) is 0 Å². The van der Waals surface area contributed by atoms with Gasteiger partial charge in [0.25, 0.3) is 0 Å². The molecule has 0 fully saturated rings. The Morgan fingerprint density at radius 2 is 1.58 bits per heavy atom. The molecule has 0 aliphatic rings. The summed E-state index contributed by atoms with van der Waals surface area (Å²) in [6, 6.07) is 8.75. The minimum atomic E-state index is -3.85. The van der Waals surface area contributed by atoms with E-state index < -0.39 is 7.28 Å². The second-order valence-electron chi connectivity index (χ2n) is 3.27. The predicted octanol–water partition coefficient (Wildman–Crippen LogP) is 1.61. The van der Waals surface area contributed by atoms with Gasteiger partial charge in [0.2, 0.25) is 0 Å². The molecule has 0 saturated carbocycles. The third-order valence-electron chi connectivity index (χ3n) is 1.11. The molecule has 0 amide bonds. The molecule has 0 aromatic heterocycles. The number of hydrogen-bond donors (Lipinski definition) is 2. The van der Waals surface area contributed by atoms with E-state index in [0.717, 1.165) is 0 Å². The minimum absolute atomic E-state index is 0.477. The molecule has 0 radical (unpaired) electrons. The van der Waals surface area contributed by atoms with Gasteiger partial charge in [0.15, 0.2) is 0 Å². The summed E-state index contributed by atoms with van der Waals surface area (Å²) in [7, 11) is -3.85. The molecule has 0 bridgehead atoms. The summed E-state index contributed by atoms with van der Waals surface area (Å²) in [5.74, 6) is 0.477. The third-order valence-corrected chi connectivity index (χ3v) is 1.85. The SMILES string of the molecule is CP(C)(O)(O)Oc1ccccc1. The second kappa shape index (κ2) is 2.70. The molecular formula is C8H13O3P. The Kier molecular flexibility index (Phi) is 2.13. The number of para-hydroxylation sites is 1. The fraction of sp³-hybridized carbons (Fsp3) is 0.250. The van der Waals surface area contributed by atoms with E-state index in [1.54, 1.807) is 24.3 Å². The predicted molar refractivity (Wildman–Crippen MR) is 50.3 cm³/mol. The standard InChI is InChI=1S/C8H13O3P/c1-12(2,9,10)11-8-6-4-3-5-7-8/h3-7,9-10H,1-2H3. The van der Waals surface area contributed by atoms with Crippen molar-refractivity contribution in [3.8, 4) is 5.75 Å². The van der Waals surface area contributed by atoms with Crippen molar-refractivity contribution in [1.29, 1.82) is 0 Å². The van der Waals surface area contributed by atoms with Gasteiger partial charge < -0.3 is 0 Å². The topological polar surface area (TPSA) is 49.7 Å². The summed E-state index contributed by atoms with van der Waals surface area (Å²) < 4.78 is 5.03. The van der Waals surface area contributed by atoms with Crippen LogP contribution in [-0.2, 0) is 0 Å². The first kappa shape index (κ1) is 9.46. The van der Waals surface area contributed by atoms with Gasteiger partial charge in [-0.05, 0) is 0 Å². The van der Waals surface area contributed by atoms with Crippen LogP contribution in [0.15, 0.2) is 30.3 Å². The van der Waals surface area contributed by atoms with E-state index in [0.29, 0.717) is 5.75 Å². The van der Waals surface area contributed by atoms with Gasteiger partial charge in [-0.15, -0.1) is 0 Å². The van der Waals surface area contributed by atoms with Crippen LogP contribution in [0, 0.1) is 0 Å². The van der Waals surface area contributed by atoms with Gasteiger partial charge in [0, 0.05) is 0 Å². The van der Waals surface area contributed by atoms with Gasteiger partial charge in [0.05, 0.1) is 0 Å². The molecule has 3 nitrogen and oxygen atoms in total. The number of rotatable bonds is 2. The zero-order chi connectivity index (χ0) is 9.27. The Hall–Kier alpha value is -0.630. The fourth-order valence-electron chi connectivity index (χ4n) is 0.786. The van der Waals surface area contributed by atoms with Gasteiger partial charge in [-0.25, -0.2) is 0 Å². The van der Waals surface area contributed by atoms with Crippen LogP contribution in [0.3, 0.4) is 0 Å². The molecule has 0 unspecified atom stereocenters. The van der Waals surface area contributed by atoms with Crippen molar-refractivity contribution >= 4 is 7.28 Å². The van der Waals surface area contributed by atoms with Crippen molar-refractivity contribution in [3.63, 3.8) is 0 Å². The summed E-state index contributed by atoms with van der Waals surface area (Å²) in [5.41, 5.74) is 0. The molecule has 0 heterocycles. The van der Waals surface area contributed by atoms with E-state index in [2.05, 4.69) is 0 Å². The number of benzene rings is 1. The molecule has 1 rings (SSSR count). The van der Waals surface area contributed by atoms with E-state index in [1.165, 1.54) is 13.3 Å². The summed E-state index contributed by atoms with van der Waals surface area (Å²) in [6.45, 7) is 2.61. The first-order valence-corrected chi connectivity index (χ1v) is 6.55. The molecule has 0 atom stereocenters. The van der Waals surface area contributed by atoms with Crippen molar-refractivity contribution in [1.82, 2.24) is 0 Å². The van der Waals surface area contributed by atoms with Crippen molar-refractivity contribution < 1.29 is 14.3 Å². The van der Waals surface area contributed by atoms with E-state index in [9.17, 15) is 9.79 Å². The van der Waals surface area contributed by atoms with Crippen LogP contribution in [0.1, 0.15) is 0 Å². The molecule has 1 aromatic carbocycles. The molecule has 0 saturated heterocycles. The Labute approximate surface area is 71.8 Å². The maximum absolute atomic E-state index is 9.40. The zero-order valence-electron chi connectivity index (χ0n) is 7.14. The first-order chi connectivity index (χ1) is 5.33. The van der Waals surface area contributed by atoms with Crippen molar-refractivity contribution in [2.75, 3.05) is 13.3 Å². The van der Waals surface area contributed by atoms with Crippen LogP contribution >= 0.6 is 7.28 Å². The maximum atomic E-state index is 9.40. The molecule has 0 spiro atoms. The number of hydrogen-bond acceptors (Lipinski definition) is 3. The van der Waals surface area contributed by atoms with Gasteiger partial charge >= 0.3 is 71.0 Å². The Morgan fingerprint density at radius 3 is 2.00 bits per heavy atom. The van der Waals surface area contributed by atoms with Crippen LogP contribution in [0.4, 0.5) is 0 Å². The Morgan fingerprint density at radius 1 is 1.08 bits per heavy atom. The summed E-state index contributed by atoms with van der Waals surface area (Å²) >= 11 is 0. The normalized spacial score (nSPS) is 14.8. The third kappa shape index (κ3) is 3.67. The van der Waals surface area contributed by atoms with E-state index in [4.69, 9.17) is 4.52 Å². The van der Waals surface area contributed by atoms with E-state index >= 15 is 0 Å². The monoisotopic (exact) mass is 188 g/mol. The van der Waals surface area contributed by atoms with Crippen LogP contribution < -0.4 is 4.52 Å². The molecule has 0 aliphatic carbocycles. The fourth-order valence-corrected chi connectivity index (χ4v) is 1.52. The molecular weight excluding hydrogens is 175 g/mol. The molecule has 4 heteroatoms. The average molecular weight is 188 g/mol. The van der Waals surface area contributed by atoms with Gasteiger partial charge in [-0.1, -0.05) is 0 Å². The first-order valence-electron chi connectivity index (χ1n) is 3.59. The van der Waals surface area contributed by atoms with E-state index in [1.807, 2.05) is 6.07 Å². The van der Waals surface area contributed by atoms with Gasteiger partial charge in [-0.2, -0.15) is 0 Å². The molecule has 0 aliphatic heterocycles. The molecule has 2 N–H and O–H groups in total. The van der Waals surface area contributed by atoms with Crippen molar-refractivity contribution in [2.45, 2.75) is 0 Å². The Bertz CT molecular complexity index is 253. The van der Waals surface area contributed by atoms with Gasteiger partial charge in [-0.3, -0.25) is 0 Å². The summed E-state index contributed by atoms with van der Waals surface area (Å²) in [6.07, 6.45) is 0. The molecule has 12 heavy (non-hydrogen) atoms. The Balaban J connectivity index is 2.79.